The number of sulfonamides is 1. The van der Waals surface area contributed by atoms with Crippen molar-refractivity contribution < 1.29 is 21.6 Å². The Balaban J connectivity index is 2.51. The predicted molar refractivity (Wildman–Crippen MR) is 69.9 cm³/mol. The summed E-state index contributed by atoms with van der Waals surface area (Å²) in [6, 6.07) is 3.88. The van der Waals surface area contributed by atoms with Gasteiger partial charge in [-0.3, -0.25) is 9.40 Å². The van der Waals surface area contributed by atoms with E-state index in [1.54, 1.807) is 0 Å². The van der Waals surface area contributed by atoms with E-state index in [1.807, 2.05) is 4.72 Å². The van der Waals surface area contributed by atoms with E-state index in [2.05, 4.69) is 5.10 Å². The maximum absolute atomic E-state index is 12.9. The number of alkyl halides is 3. The maximum Gasteiger partial charge on any atom is 0.417 e. The van der Waals surface area contributed by atoms with E-state index >= 15 is 0 Å². The molecule has 2 aromatic rings. The Bertz CT molecular complexity index is 749. The van der Waals surface area contributed by atoms with E-state index in [-0.39, 0.29) is 11.5 Å². The van der Waals surface area contributed by atoms with Crippen LogP contribution in [0, 0.1) is 0 Å². The first kappa shape index (κ1) is 15.2. The van der Waals surface area contributed by atoms with Crippen LogP contribution in [0.2, 0.25) is 0 Å². The zero-order chi connectivity index (χ0) is 15.8. The normalized spacial score (nSPS) is 12.4. The number of hydrogen-bond acceptors (Lipinski definition) is 4. The van der Waals surface area contributed by atoms with Gasteiger partial charge in [-0.1, -0.05) is 12.1 Å². The van der Waals surface area contributed by atoms with Crippen LogP contribution >= 0.6 is 0 Å². The number of rotatable bonds is 3. The van der Waals surface area contributed by atoms with Crippen LogP contribution in [0.3, 0.4) is 0 Å². The van der Waals surface area contributed by atoms with Gasteiger partial charge in [0.2, 0.25) is 0 Å². The first-order valence-corrected chi connectivity index (χ1v) is 7.08. The van der Waals surface area contributed by atoms with Crippen LogP contribution in [-0.2, 0) is 23.2 Å². The van der Waals surface area contributed by atoms with E-state index in [9.17, 15) is 21.6 Å². The number of nitrogens with zero attached hydrogens (tertiary/aromatic N) is 2. The molecule has 0 aliphatic carbocycles. The second-order valence-electron chi connectivity index (χ2n) is 4.17. The van der Waals surface area contributed by atoms with Gasteiger partial charge in [-0.25, -0.2) is 8.42 Å². The molecule has 0 saturated carbocycles. The molecule has 0 saturated heterocycles. The van der Waals surface area contributed by atoms with Crippen LogP contribution in [0.1, 0.15) is 5.56 Å². The molecule has 1 aromatic heterocycles. The van der Waals surface area contributed by atoms with E-state index in [4.69, 9.17) is 5.73 Å². The third-order valence-electron chi connectivity index (χ3n) is 2.68. The van der Waals surface area contributed by atoms with Crippen LogP contribution in [0.15, 0.2) is 35.4 Å². The molecule has 114 valence electrons. The van der Waals surface area contributed by atoms with Gasteiger partial charge in [0.15, 0.2) is 5.82 Å². The molecule has 1 aromatic carbocycles. The van der Waals surface area contributed by atoms with Crippen molar-refractivity contribution >= 4 is 21.5 Å². The van der Waals surface area contributed by atoms with E-state index in [0.29, 0.717) is 6.07 Å². The van der Waals surface area contributed by atoms with Crippen LogP contribution in [-0.4, -0.2) is 18.2 Å². The molecular weight excluding hydrogens is 309 g/mol. The first-order chi connectivity index (χ1) is 9.63. The average Bonchev–Trinajstić information content (AvgIpc) is 2.69. The Morgan fingerprint density at radius 2 is 1.90 bits per heavy atom. The average molecular weight is 320 g/mol. The molecule has 0 atom stereocenters. The van der Waals surface area contributed by atoms with Crippen molar-refractivity contribution in [3.05, 3.63) is 36.0 Å². The van der Waals surface area contributed by atoms with Crippen LogP contribution in [0.25, 0.3) is 0 Å². The highest BCUT2D eigenvalue weighted by Gasteiger charge is 2.37. The van der Waals surface area contributed by atoms with Crippen molar-refractivity contribution in [2.45, 2.75) is 11.1 Å². The molecule has 0 amide bonds. The topological polar surface area (TPSA) is 90.0 Å². The Morgan fingerprint density at radius 1 is 1.29 bits per heavy atom. The Kier molecular flexibility index (Phi) is 3.58. The van der Waals surface area contributed by atoms with Gasteiger partial charge in [0.05, 0.1) is 22.3 Å². The third-order valence-corrected chi connectivity index (χ3v) is 4.08. The van der Waals surface area contributed by atoms with Gasteiger partial charge in [-0.05, 0) is 12.1 Å². The number of hydrogen-bond donors (Lipinski definition) is 2. The molecule has 0 unspecified atom stereocenters. The predicted octanol–water partition coefficient (Wildman–Crippen LogP) is 1.82. The SMILES string of the molecule is Cn1ncc(N)c1NS(=O)(=O)c1ccccc1C(F)(F)F. The summed E-state index contributed by atoms with van der Waals surface area (Å²) in [6.45, 7) is 0. The number of benzene rings is 1. The quantitative estimate of drug-likeness (QED) is 0.902. The van der Waals surface area contributed by atoms with Crippen LogP contribution in [0.5, 0.6) is 0 Å². The summed E-state index contributed by atoms with van der Waals surface area (Å²) in [5, 5.41) is 3.71. The lowest BCUT2D eigenvalue weighted by molar-refractivity contribution is -0.139. The van der Waals surface area contributed by atoms with E-state index in [1.165, 1.54) is 19.3 Å². The maximum atomic E-state index is 12.9. The minimum Gasteiger partial charge on any atom is -0.394 e. The fourth-order valence-electron chi connectivity index (χ4n) is 1.70. The van der Waals surface area contributed by atoms with Gasteiger partial charge >= 0.3 is 6.18 Å². The lowest BCUT2D eigenvalue weighted by Gasteiger charge is -2.14. The van der Waals surface area contributed by atoms with Gasteiger partial charge in [-0.2, -0.15) is 18.3 Å². The largest absolute Gasteiger partial charge is 0.417 e. The third kappa shape index (κ3) is 2.94. The molecule has 0 spiro atoms. The highest BCUT2D eigenvalue weighted by molar-refractivity contribution is 7.92. The molecule has 10 heteroatoms. The van der Waals surface area contributed by atoms with Crippen LogP contribution < -0.4 is 10.5 Å². The molecule has 0 bridgehead atoms. The fraction of sp³-hybridized carbons (Fsp3) is 0.182. The summed E-state index contributed by atoms with van der Waals surface area (Å²) in [4.78, 5) is -0.877. The lowest BCUT2D eigenvalue weighted by atomic mass is 10.2. The smallest absolute Gasteiger partial charge is 0.394 e. The summed E-state index contributed by atoms with van der Waals surface area (Å²) in [5.41, 5.74) is 4.27. The Hall–Kier alpha value is -2.23. The Morgan fingerprint density at radius 3 is 2.43 bits per heavy atom. The van der Waals surface area contributed by atoms with Crippen LogP contribution in [0.4, 0.5) is 24.7 Å². The number of halogens is 3. The monoisotopic (exact) mass is 320 g/mol. The zero-order valence-electron chi connectivity index (χ0n) is 10.7. The Labute approximate surface area is 118 Å². The molecule has 0 radical (unpaired) electrons. The zero-order valence-corrected chi connectivity index (χ0v) is 11.5. The highest BCUT2D eigenvalue weighted by atomic mass is 32.2. The second kappa shape index (κ2) is 4.95. The number of anilines is 2. The number of aryl methyl sites for hydroxylation is 1. The summed E-state index contributed by atoms with van der Waals surface area (Å²) in [5.74, 6) is -0.105. The number of aromatic nitrogens is 2. The van der Waals surface area contributed by atoms with Crippen molar-refractivity contribution in [2.75, 3.05) is 10.5 Å². The standard InChI is InChI=1S/C11H11F3N4O2S/c1-18-10(8(15)6-16-18)17-21(19,20)9-5-3-2-4-7(9)11(12,13)14/h2-6,17H,15H2,1H3. The number of nitrogens with one attached hydrogen (secondary N) is 1. The van der Waals surface area contributed by atoms with Gasteiger partial charge in [-0.15, -0.1) is 0 Å². The summed E-state index contributed by atoms with van der Waals surface area (Å²) in [7, 11) is -3.05. The van der Waals surface area contributed by atoms with Gasteiger partial charge in [0.1, 0.15) is 0 Å². The van der Waals surface area contributed by atoms with Gasteiger partial charge in [0.25, 0.3) is 10.0 Å². The minimum atomic E-state index is -4.79. The molecule has 0 aliphatic rings. The molecular formula is C11H11F3N4O2S. The molecule has 1 heterocycles. The number of nitrogens with two attached hydrogens (primary N) is 1. The summed E-state index contributed by atoms with van der Waals surface area (Å²) in [6.07, 6.45) is -3.60. The lowest BCUT2D eigenvalue weighted by Crippen LogP contribution is -2.20. The molecule has 21 heavy (non-hydrogen) atoms. The minimum absolute atomic E-state index is 0.00515. The first-order valence-electron chi connectivity index (χ1n) is 5.59. The highest BCUT2D eigenvalue weighted by Crippen LogP contribution is 2.34. The summed E-state index contributed by atoms with van der Waals surface area (Å²) >= 11 is 0. The fourth-order valence-corrected chi connectivity index (χ4v) is 3.04. The van der Waals surface area contributed by atoms with Crippen molar-refractivity contribution in [3.8, 4) is 0 Å². The summed E-state index contributed by atoms with van der Waals surface area (Å²) < 4.78 is 66.1. The molecule has 0 fully saturated rings. The molecule has 3 N–H and O–H groups in total. The van der Waals surface area contributed by atoms with Crippen molar-refractivity contribution in [3.63, 3.8) is 0 Å². The van der Waals surface area contributed by atoms with E-state index in [0.717, 1.165) is 16.8 Å². The van der Waals surface area contributed by atoms with Crippen molar-refractivity contribution in [2.24, 2.45) is 7.05 Å². The van der Waals surface area contributed by atoms with Gasteiger partial charge < -0.3 is 5.73 Å². The molecule has 6 nitrogen and oxygen atoms in total. The second-order valence-corrected chi connectivity index (χ2v) is 5.82. The molecule has 2 rings (SSSR count). The molecule has 0 aliphatic heterocycles. The number of nitrogen functional groups attached to an aromatic ring is 1. The van der Waals surface area contributed by atoms with Crippen molar-refractivity contribution in [1.29, 1.82) is 0 Å². The van der Waals surface area contributed by atoms with E-state index < -0.39 is 26.7 Å². The van der Waals surface area contributed by atoms with Gasteiger partial charge in [0, 0.05) is 7.05 Å². The van der Waals surface area contributed by atoms with Crippen molar-refractivity contribution in [1.82, 2.24) is 9.78 Å².